The predicted octanol–water partition coefficient (Wildman–Crippen LogP) is -1.09. The molecule has 0 bridgehead atoms. The van der Waals surface area contributed by atoms with Gasteiger partial charge < -0.3 is 5.73 Å². The minimum Gasteiger partial charge on any atom is -0.321 e. The molecular formula is C6H13N4+. The molecule has 1 aliphatic rings. The Balaban J connectivity index is 2.70. The zero-order valence-electron chi connectivity index (χ0n) is 6.17. The number of hydrogen-bond donors (Lipinski definition) is 2. The molecular weight excluding hydrogens is 128 g/mol. The van der Waals surface area contributed by atoms with Crippen molar-refractivity contribution in [1.82, 2.24) is 4.90 Å². The van der Waals surface area contributed by atoms with Crippen molar-refractivity contribution in [2.24, 2.45) is 5.73 Å². The Kier molecular flexibility index (Phi) is 2.01. The first kappa shape index (κ1) is 7.21. The van der Waals surface area contributed by atoms with Gasteiger partial charge in [0.15, 0.2) is 0 Å². The third-order valence-corrected chi connectivity index (χ3v) is 1.68. The minimum absolute atomic E-state index is 0.767. The zero-order valence-corrected chi connectivity index (χ0v) is 6.17. The van der Waals surface area contributed by atoms with E-state index in [1.54, 1.807) is 4.58 Å². The summed E-state index contributed by atoms with van der Waals surface area (Å²) in [4.78, 5) is 2.13. The van der Waals surface area contributed by atoms with Crippen LogP contribution in [0.3, 0.4) is 0 Å². The molecule has 4 nitrogen and oxygen atoms in total. The monoisotopic (exact) mass is 141 g/mol. The fourth-order valence-corrected chi connectivity index (χ4v) is 1.02. The van der Waals surface area contributed by atoms with E-state index in [2.05, 4.69) is 4.90 Å². The van der Waals surface area contributed by atoms with Crippen molar-refractivity contribution >= 4 is 12.2 Å². The molecule has 3 N–H and O–H groups in total. The molecule has 0 spiro atoms. The molecule has 0 fully saturated rings. The third kappa shape index (κ3) is 1.33. The quantitative estimate of drug-likeness (QED) is 0.277. The topological polar surface area (TPSA) is 56.1 Å². The van der Waals surface area contributed by atoms with E-state index in [1.165, 1.54) is 6.34 Å². The van der Waals surface area contributed by atoms with Gasteiger partial charge in [-0.05, 0) is 7.05 Å². The van der Waals surface area contributed by atoms with Crippen LogP contribution in [0.2, 0.25) is 0 Å². The molecule has 10 heavy (non-hydrogen) atoms. The highest BCUT2D eigenvalue weighted by Gasteiger charge is 2.14. The Hall–Kier alpha value is -0.900. The Morgan fingerprint density at radius 3 is 3.00 bits per heavy atom. The minimum atomic E-state index is 0.767. The van der Waals surface area contributed by atoms with Crippen LogP contribution in [0.15, 0.2) is 0 Å². The van der Waals surface area contributed by atoms with Gasteiger partial charge in [0.1, 0.15) is 0 Å². The van der Waals surface area contributed by atoms with Crippen LogP contribution in [0, 0.1) is 5.41 Å². The van der Waals surface area contributed by atoms with E-state index >= 15 is 0 Å². The molecule has 4 heteroatoms. The fourth-order valence-electron chi connectivity index (χ4n) is 1.02. The van der Waals surface area contributed by atoms with Crippen molar-refractivity contribution in [3.05, 3.63) is 0 Å². The summed E-state index contributed by atoms with van der Waals surface area (Å²) in [6.45, 7) is 2.59. The average Bonchev–Trinajstić information content (AvgIpc) is 1.88. The highest BCUT2D eigenvalue weighted by atomic mass is 15.2. The normalized spacial score (nSPS) is 21.3. The van der Waals surface area contributed by atoms with Crippen molar-refractivity contribution in [3.8, 4) is 0 Å². The van der Waals surface area contributed by atoms with Crippen molar-refractivity contribution in [2.75, 3.05) is 26.7 Å². The van der Waals surface area contributed by atoms with Crippen molar-refractivity contribution in [3.63, 3.8) is 0 Å². The molecule has 0 aromatic carbocycles. The van der Waals surface area contributed by atoms with Crippen molar-refractivity contribution in [1.29, 1.82) is 5.41 Å². The van der Waals surface area contributed by atoms with Gasteiger partial charge in [0.05, 0.1) is 13.1 Å². The van der Waals surface area contributed by atoms with E-state index in [0.29, 0.717) is 0 Å². The first-order valence-corrected chi connectivity index (χ1v) is 3.31. The average molecular weight is 141 g/mol. The van der Waals surface area contributed by atoms with Crippen molar-refractivity contribution in [2.45, 2.75) is 0 Å². The maximum atomic E-state index is 6.97. The maximum Gasteiger partial charge on any atom is 0.216 e. The van der Waals surface area contributed by atoms with Gasteiger partial charge in [-0.2, -0.15) is 5.41 Å². The van der Waals surface area contributed by atoms with E-state index in [1.807, 2.05) is 7.05 Å². The Morgan fingerprint density at radius 1 is 1.80 bits per heavy atom. The Morgan fingerprint density at radius 2 is 2.50 bits per heavy atom. The summed E-state index contributed by atoms with van der Waals surface area (Å²) >= 11 is 0. The van der Waals surface area contributed by atoms with Crippen LogP contribution in [0.25, 0.3) is 0 Å². The summed E-state index contributed by atoms with van der Waals surface area (Å²) < 4.78 is 1.76. The number of hydrogen-bond acceptors (Lipinski definition) is 3. The molecule has 1 aliphatic heterocycles. The number of amidine groups is 1. The summed E-state index contributed by atoms with van der Waals surface area (Å²) in [5.41, 5.74) is 5.63. The summed E-state index contributed by atoms with van der Waals surface area (Å²) in [6, 6.07) is 0. The first-order chi connectivity index (χ1) is 4.74. The molecule has 0 aromatic rings. The van der Waals surface area contributed by atoms with Crippen molar-refractivity contribution < 1.29 is 4.58 Å². The van der Waals surface area contributed by atoms with Crippen LogP contribution in [0.4, 0.5) is 0 Å². The van der Waals surface area contributed by atoms with E-state index < -0.39 is 0 Å². The molecule has 0 saturated heterocycles. The molecule has 1 heterocycles. The lowest BCUT2D eigenvalue weighted by molar-refractivity contribution is -0.409. The molecule has 0 aromatic heterocycles. The van der Waals surface area contributed by atoms with Gasteiger partial charge in [-0.15, -0.1) is 0 Å². The molecule has 1 rings (SSSR count). The second-order valence-electron chi connectivity index (χ2n) is 2.55. The van der Waals surface area contributed by atoms with Gasteiger partial charge in [0.25, 0.3) is 0 Å². The maximum absolute atomic E-state index is 6.97. The summed E-state index contributed by atoms with van der Waals surface area (Å²) in [6.07, 6.45) is 1.28. The van der Waals surface area contributed by atoms with E-state index in [9.17, 15) is 0 Å². The van der Waals surface area contributed by atoms with Gasteiger partial charge in [0.2, 0.25) is 12.2 Å². The van der Waals surface area contributed by atoms with E-state index in [4.69, 9.17) is 11.1 Å². The number of likely N-dealkylation sites (N-methyl/N-ethyl adjacent to an activating group) is 1. The lowest BCUT2D eigenvalue weighted by atomic mass is 10.4. The van der Waals surface area contributed by atoms with Crippen LogP contribution in [-0.4, -0.2) is 48.3 Å². The number of rotatable bonds is 1. The summed E-state index contributed by atoms with van der Waals surface area (Å²) in [5.74, 6) is 0.767. The van der Waals surface area contributed by atoms with Crippen LogP contribution in [0.1, 0.15) is 0 Å². The lowest BCUT2D eigenvalue weighted by Crippen LogP contribution is -2.46. The molecule has 0 saturated carbocycles. The highest BCUT2D eigenvalue weighted by molar-refractivity contribution is 5.80. The molecule has 0 amide bonds. The molecule has 0 radical (unpaired) electrons. The fraction of sp³-hybridized carbons (Fsp3) is 0.667. The second-order valence-corrected chi connectivity index (χ2v) is 2.55. The van der Waals surface area contributed by atoms with Crippen LogP contribution < -0.4 is 5.73 Å². The highest BCUT2D eigenvalue weighted by Crippen LogP contribution is 1.89. The largest absolute Gasteiger partial charge is 0.321 e. The van der Waals surface area contributed by atoms with Gasteiger partial charge in [-0.3, -0.25) is 4.90 Å². The van der Waals surface area contributed by atoms with Crippen LogP contribution in [-0.2, 0) is 0 Å². The summed E-state index contributed by atoms with van der Waals surface area (Å²) in [7, 11) is 2.02. The smallest absolute Gasteiger partial charge is 0.216 e. The molecule has 0 atom stereocenters. The number of nitrogens with one attached hydrogen (secondary N) is 1. The Bertz CT molecular complexity index is 173. The first-order valence-electron chi connectivity index (χ1n) is 3.31. The molecule has 56 valence electrons. The van der Waals surface area contributed by atoms with E-state index in [-0.39, 0.29) is 0 Å². The van der Waals surface area contributed by atoms with Gasteiger partial charge in [-0.1, -0.05) is 0 Å². The Labute approximate surface area is 60.4 Å². The van der Waals surface area contributed by atoms with E-state index in [0.717, 1.165) is 25.5 Å². The lowest BCUT2D eigenvalue weighted by Gasteiger charge is -2.21. The van der Waals surface area contributed by atoms with Crippen LogP contribution in [0.5, 0.6) is 0 Å². The van der Waals surface area contributed by atoms with Gasteiger partial charge in [-0.25, -0.2) is 4.58 Å². The van der Waals surface area contributed by atoms with Gasteiger partial charge in [0, 0.05) is 6.54 Å². The van der Waals surface area contributed by atoms with Gasteiger partial charge >= 0.3 is 0 Å². The SMILES string of the molecule is CN1CC[N+](C=N)=C(N)C1. The number of nitrogens with two attached hydrogens (primary N) is 1. The second kappa shape index (κ2) is 2.79. The third-order valence-electron chi connectivity index (χ3n) is 1.68. The molecule has 0 aliphatic carbocycles. The zero-order chi connectivity index (χ0) is 7.56. The molecule has 0 unspecified atom stereocenters. The number of nitrogens with zero attached hydrogens (tertiary/aromatic N) is 2. The summed E-state index contributed by atoms with van der Waals surface area (Å²) in [5, 5.41) is 6.97. The van der Waals surface area contributed by atoms with Crippen LogP contribution >= 0.6 is 0 Å². The standard InChI is InChI=1S/C6H12N4/c1-9-2-3-10(5-7)6(8)4-9/h5,7-8H,2-4H2,1H3/p+1. The predicted molar refractivity (Wildman–Crippen MR) is 40.6 cm³/mol.